The smallest absolute Gasteiger partial charge is 0.146 e. The summed E-state index contributed by atoms with van der Waals surface area (Å²) in [7, 11) is 0. The Morgan fingerprint density at radius 3 is 2.47 bits per heavy atom. The van der Waals surface area contributed by atoms with Crippen molar-refractivity contribution in [3.63, 3.8) is 0 Å². The Hall–Kier alpha value is -0.900. The van der Waals surface area contributed by atoms with E-state index in [1.165, 1.54) is 37.9 Å². The van der Waals surface area contributed by atoms with E-state index in [0.29, 0.717) is 6.54 Å². The van der Waals surface area contributed by atoms with E-state index in [4.69, 9.17) is 5.73 Å². The molecule has 4 nitrogen and oxygen atoms in total. The molecule has 0 atom stereocenters. The second-order valence-corrected chi connectivity index (χ2v) is 5.14. The van der Waals surface area contributed by atoms with E-state index in [0.717, 1.165) is 18.8 Å². The van der Waals surface area contributed by atoms with E-state index in [1.807, 2.05) is 0 Å². The van der Waals surface area contributed by atoms with Gasteiger partial charge in [0, 0.05) is 12.0 Å². The molecule has 0 radical (unpaired) electrons. The Kier molecular flexibility index (Phi) is 3.82. The Labute approximate surface area is 104 Å². The topological polar surface area (TPSA) is 56.7 Å². The van der Waals surface area contributed by atoms with Crippen LogP contribution in [0.25, 0.3) is 0 Å². The van der Waals surface area contributed by atoms with Crippen LogP contribution in [-0.4, -0.2) is 14.8 Å². The van der Waals surface area contributed by atoms with E-state index in [2.05, 4.69) is 28.6 Å². The Balaban J connectivity index is 2.39. The zero-order valence-electron chi connectivity index (χ0n) is 11.1. The van der Waals surface area contributed by atoms with Crippen molar-refractivity contribution >= 4 is 0 Å². The lowest BCUT2D eigenvalue weighted by molar-refractivity contribution is 0.375. The third kappa shape index (κ3) is 2.10. The summed E-state index contributed by atoms with van der Waals surface area (Å²) in [6.07, 6.45) is 7.44. The molecule has 0 amide bonds. The average Bonchev–Trinajstić information content (AvgIpc) is 2.96. The molecular formula is C13H24N4. The van der Waals surface area contributed by atoms with Gasteiger partial charge >= 0.3 is 0 Å². The lowest BCUT2D eigenvalue weighted by atomic mass is 9.82. The third-order valence-corrected chi connectivity index (χ3v) is 4.17. The molecule has 0 bridgehead atoms. The van der Waals surface area contributed by atoms with E-state index in [9.17, 15) is 0 Å². The lowest BCUT2D eigenvalue weighted by Crippen LogP contribution is -2.27. The van der Waals surface area contributed by atoms with Gasteiger partial charge in [0.25, 0.3) is 0 Å². The van der Waals surface area contributed by atoms with Gasteiger partial charge in [0.05, 0.1) is 6.54 Å². The minimum atomic E-state index is 0.273. The van der Waals surface area contributed by atoms with Crippen molar-refractivity contribution in [3.05, 3.63) is 11.6 Å². The second-order valence-electron chi connectivity index (χ2n) is 5.14. The maximum atomic E-state index is 5.75. The summed E-state index contributed by atoms with van der Waals surface area (Å²) in [5.41, 5.74) is 6.03. The predicted molar refractivity (Wildman–Crippen MR) is 68.6 cm³/mol. The molecule has 2 N–H and O–H groups in total. The second kappa shape index (κ2) is 5.17. The van der Waals surface area contributed by atoms with Crippen molar-refractivity contribution in [2.24, 2.45) is 5.73 Å². The standard InChI is InChI=1S/C13H24N4/c1-3-9-17-11(10-14)15-16-12(17)13(4-2)7-5-6-8-13/h3-10,14H2,1-2H3. The molecule has 0 aliphatic heterocycles. The van der Waals surface area contributed by atoms with Gasteiger partial charge in [0.2, 0.25) is 0 Å². The first-order valence-corrected chi connectivity index (χ1v) is 6.90. The van der Waals surface area contributed by atoms with Crippen LogP contribution in [0.4, 0.5) is 0 Å². The largest absolute Gasteiger partial charge is 0.324 e. The van der Waals surface area contributed by atoms with Gasteiger partial charge in [-0.15, -0.1) is 10.2 Å². The van der Waals surface area contributed by atoms with Crippen LogP contribution in [-0.2, 0) is 18.5 Å². The first-order valence-electron chi connectivity index (χ1n) is 6.90. The van der Waals surface area contributed by atoms with Crippen LogP contribution in [0.1, 0.15) is 64.0 Å². The molecule has 0 aromatic carbocycles. The van der Waals surface area contributed by atoms with Gasteiger partial charge in [0.15, 0.2) is 0 Å². The fraction of sp³-hybridized carbons (Fsp3) is 0.846. The van der Waals surface area contributed by atoms with Crippen molar-refractivity contribution in [2.75, 3.05) is 0 Å². The molecule has 0 unspecified atom stereocenters. The summed E-state index contributed by atoms with van der Waals surface area (Å²) in [4.78, 5) is 0. The summed E-state index contributed by atoms with van der Waals surface area (Å²) in [5.74, 6) is 2.14. The highest BCUT2D eigenvalue weighted by molar-refractivity contribution is 5.13. The zero-order valence-corrected chi connectivity index (χ0v) is 11.1. The van der Waals surface area contributed by atoms with Crippen LogP contribution in [0, 0.1) is 0 Å². The molecule has 1 aromatic rings. The third-order valence-electron chi connectivity index (χ3n) is 4.17. The number of hydrogen-bond donors (Lipinski definition) is 1. The number of nitrogens with zero attached hydrogens (tertiary/aromatic N) is 3. The minimum Gasteiger partial charge on any atom is -0.324 e. The van der Waals surface area contributed by atoms with E-state index >= 15 is 0 Å². The number of hydrogen-bond acceptors (Lipinski definition) is 3. The van der Waals surface area contributed by atoms with Crippen molar-refractivity contribution in [1.82, 2.24) is 14.8 Å². The van der Waals surface area contributed by atoms with Gasteiger partial charge in [-0.25, -0.2) is 0 Å². The molecule has 4 heteroatoms. The fourth-order valence-corrected chi connectivity index (χ4v) is 3.12. The molecule has 17 heavy (non-hydrogen) atoms. The van der Waals surface area contributed by atoms with Gasteiger partial charge in [-0.1, -0.05) is 26.7 Å². The fourth-order valence-electron chi connectivity index (χ4n) is 3.12. The number of aromatic nitrogens is 3. The molecule has 1 saturated carbocycles. The molecule has 2 rings (SSSR count). The minimum absolute atomic E-state index is 0.273. The molecular weight excluding hydrogens is 212 g/mol. The monoisotopic (exact) mass is 236 g/mol. The first-order chi connectivity index (χ1) is 8.27. The summed E-state index contributed by atoms with van der Waals surface area (Å²) in [6, 6.07) is 0. The van der Waals surface area contributed by atoms with Crippen LogP contribution in [0.2, 0.25) is 0 Å². The summed E-state index contributed by atoms with van der Waals surface area (Å²) >= 11 is 0. The Morgan fingerprint density at radius 1 is 1.24 bits per heavy atom. The van der Waals surface area contributed by atoms with Gasteiger partial charge in [0.1, 0.15) is 11.6 Å². The molecule has 0 spiro atoms. The zero-order chi connectivity index (χ0) is 12.3. The van der Waals surface area contributed by atoms with Crippen LogP contribution >= 0.6 is 0 Å². The van der Waals surface area contributed by atoms with Gasteiger partial charge < -0.3 is 10.3 Å². The average molecular weight is 236 g/mol. The molecule has 1 heterocycles. The molecule has 1 aliphatic carbocycles. The van der Waals surface area contributed by atoms with Gasteiger partial charge in [-0.3, -0.25) is 0 Å². The molecule has 0 saturated heterocycles. The van der Waals surface area contributed by atoms with Crippen molar-refractivity contribution in [2.45, 2.75) is 70.9 Å². The molecule has 1 aliphatic rings. The quantitative estimate of drug-likeness (QED) is 0.854. The highest BCUT2D eigenvalue weighted by Crippen LogP contribution is 2.42. The SMILES string of the molecule is CCCn1c(CN)nnc1C1(CC)CCCC1. The van der Waals surface area contributed by atoms with Crippen LogP contribution in [0.3, 0.4) is 0 Å². The molecule has 1 aromatic heterocycles. The normalized spacial score (nSPS) is 18.8. The van der Waals surface area contributed by atoms with Crippen LogP contribution in [0.15, 0.2) is 0 Å². The van der Waals surface area contributed by atoms with Gasteiger partial charge in [-0.05, 0) is 25.7 Å². The van der Waals surface area contributed by atoms with E-state index < -0.39 is 0 Å². The molecule has 96 valence electrons. The lowest BCUT2D eigenvalue weighted by Gasteiger charge is -2.27. The van der Waals surface area contributed by atoms with E-state index in [-0.39, 0.29) is 5.41 Å². The molecule has 1 fully saturated rings. The summed E-state index contributed by atoms with van der Waals surface area (Å²) < 4.78 is 2.27. The summed E-state index contributed by atoms with van der Waals surface area (Å²) in [5, 5.41) is 8.74. The highest BCUT2D eigenvalue weighted by Gasteiger charge is 2.38. The number of rotatable bonds is 5. The maximum absolute atomic E-state index is 5.75. The van der Waals surface area contributed by atoms with Crippen molar-refractivity contribution in [1.29, 1.82) is 0 Å². The van der Waals surface area contributed by atoms with Crippen molar-refractivity contribution < 1.29 is 0 Å². The van der Waals surface area contributed by atoms with Crippen molar-refractivity contribution in [3.8, 4) is 0 Å². The van der Waals surface area contributed by atoms with Gasteiger partial charge in [-0.2, -0.15) is 0 Å². The van der Waals surface area contributed by atoms with Crippen LogP contribution < -0.4 is 5.73 Å². The Morgan fingerprint density at radius 2 is 1.94 bits per heavy atom. The maximum Gasteiger partial charge on any atom is 0.146 e. The van der Waals surface area contributed by atoms with E-state index in [1.54, 1.807) is 0 Å². The summed E-state index contributed by atoms with van der Waals surface area (Å²) in [6.45, 7) is 5.96. The van der Waals surface area contributed by atoms with Crippen LogP contribution in [0.5, 0.6) is 0 Å². The first kappa shape index (κ1) is 12.6. The highest BCUT2D eigenvalue weighted by atomic mass is 15.3. The number of nitrogens with two attached hydrogens (primary N) is 1. The predicted octanol–water partition coefficient (Wildman–Crippen LogP) is 2.37. The Bertz CT molecular complexity index is 363.